The molecule has 5 nitrogen and oxygen atoms in total. The van der Waals surface area contributed by atoms with Crippen LogP contribution >= 0.6 is 0 Å². The molecule has 0 aliphatic carbocycles. The first-order valence-corrected chi connectivity index (χ1v) is 6.26. The number of allylic oxidation sites excluding steroid dienone is 1. The second kappa shape index (κ2) is 9.50. The van der Waals surface area contributed by atoms with Gasteiger partial charge in [0.1, 0.15) is 5.76 Å². The van der Waals surface area contributed by atoms with Crippen molar-refractivity contribution in [2.45, 2.75) is 40.5 Å². The van der Waals surface area contributed by atoms with Gasteiger partial charge in [0.05, 0.1) is 19.8 Å². The van der Waals surface area contributed by atoms with Crippen LogP contribution in [0.2, 0.25) is 0 Å². The Bertz CT molecular complexity index is 285. The summed E-state index contributed by atoms with van der Waals surface area (Å²) in [5.74, 6) is -1.15. The minimum Gasteiger partial charge on any atom is -0.497 e. The Labute approximate surface area is 108 Å². The topological polar surface area (TPSA) is 61.8 Å². The van der Waals surface area contributed by atoms with Gasteiger partial charge in [0.25, 0.3) is 0 Å². The lowest BCUT2D eigenvalue weighted by Gasteiger charge is -2.11. The monoisotopic (exact) mass is 258 g/mol. The molecule has 0 aromatic heterocycles. The highest BCUT2D eigenvalue weighted by Gasteiger charge is 2.25. The zero-order valence-electron chi connectivity index (χ0n) is 11.6. The van der Waals surface area contributed by atoms with E-state index < -0.39 is 11.9 Å². The SMILES string of the molecule is CCCOC(=O)C(C(=O)OCCC)=C(C)OCC. The molecule has 0 aliphatic heterocycles. The van der Waals surface area contributed by atoms with E-state index in [4.69, 9.17) is 14.2 Å². The summed E-state index contributed by atoms with van der Waals surface area (Å²) in [7, 11) is 0. The lowest BCUT2D eigenvalue weighted by molar-refractivity contribution is -0.147. The fourth-order valence-corrected chi connectivity index (χ4v) is 1.19. The van der Waals surface area contributed by atoms with Crippen LogP contribution in [0.3, 0.4) is 0 Å². The molecular formula is C13H22O5. The normalized spacial score (nSPS) is 9.56. The predicted octanol–water partition coefficient (Wildman–Crippen LogP) is 2.20. The summed E-state index contributed by atoms with van der Waals surface area (Å²) in [5, 5.41) is 0. The predicted molar refractivity (Wildman–Crippen MR) is 66.8 cm³/mol. The van der Waals surface area contributed by atoms with Gasteiger partial charge in [0, 0.05) is 0 Å². The van der Waals surface area contributed by atoms with Crippen molar-refractivity contribution in [2.24, 2.45) is 0 Å². The Morgan fingerprint density at radius 2 is 1.28 bits per heavy atom. The van der Waals surface area contributed by atoms with Gasteiger partial charge in [-0.25, -0.2) is 9.59 Å². The number of ether oxygens (including phenoxy) is 3. The average molecular weight is 258 g/mol. The molecule has 0 bridgehead atoms. The molecule has 0 aromatic carbocycles. The fraction of sp³-hybridized carbons (Fsp3) is 0.692. The first-order valence-electron chi connectivity index (χ1n) is 6.26. The van der Waals surface area contributed by atoms with Gasteiger partial charge in [-0.1, -0.05) is 13.8 Å². The largest absolute Gasteiger partial charge is 0.497 e. The quantitative estimate of drug-likeness (QED) is 0.219. The van der Waals surface area contributed by atoms with Crippen LogP contribution in [0, 0.1) is 0 Å². The summed E-state index contributed by atoms with van der Waals surface area (Å²) >= 11 is 0. The Hall–Kier alpha value is -1.52. The second-order valence-corrected chi connectivity index (χ2v) is 3.64. The van der Waals surface area contributed by atoms with Gasteiger partial charge in [0.2, 0.25) is 0 Å². The molecule has 0 unspecified atom stereocenters. The molecule has 0 saturated carbocycles. The molecule has 18 heavy (non-hydrogen) atoms. The zero-order chi connectivity index (χ0) is 14.0. The fourth-order valence-electron chi connectivity index (χ4n) is 1.19. The van der Waals surface area contributed by atoms with E-state index in [9.17, 15) is 9.59 Å². The number of esters is 2. The van der Waals surface area contributed by atoms with Crippen LogP contribution in [0.25, 0.3) is 0 Å². The van der Waals surface area contributed by atoms with Crippen molar-refractivity contribution in [3.8, 4) is 0 Å². The highest BCUT2D eigenvalue weighted by atomic mass is 16.6. The average Bonchev–Trinajstić information content (AvgIpc) is 2.34. The van der Waals surface area contributed by atoms with Crippen LogP contribution in [-0.4, -0.2) is 31.8 Å². The lowest BCUT2D eigenvalue weighted by Crippen LogP contribution is -2.21. The van der Waals surface area contributed by atoms with Gasteiger partial charge >= 0.3 is 11.9 Å². The first kappa shape index (κ1) is 16.5. The summed E-state index contributed by atoms with van der Waals surface area (Å²) in [6.45, 7) is 7.99. The number of carbonyl (C=O) groups excluding carboxylic acids is 2. The number of rotatable bonds is 8. The highest BCUT2D eigenvalue weighted by Crippen LogP contribution is 2.11. The molecule has 0 saturated heterocycles. The van der Waals surface area contributed by atoms with Gasteiger partial charge in [-0.15, -0.1) is 0 Å². The van der Waals surface area contributed by atoms with E-state index in [2.05, 4.69) is 0 Å². The van der Waals surface area contributed by atoms with Crippen molar-refractivity contribution in [1.29, 1.82) is 0 Å². The Morgan fingerprint density at radius 1 is 0.833 bits per heavy atom. The molecule has 0 aromatic rings. The Morgan fingerprint density at radius 3 is 1.61 bits per heavy atom. The molecule has 0 heterocycles. The third-order valence-corrected chi connectivity index (χ3v) is 2.00. The molecule has 0 rings (SSSR count). The van der Waals surface area contributed by atoms with Crippen LogP contribution < -0.4 is 0 Å². The maximum Gasteiger partial charge on any atom is 0.349 e. The van der Waals surface area contributed by atoms with E-state index in [-0.39, 0.29) is 24.5 Å². The van der Waals surface area contributed by atoms with Crippen LogP contribution in [0.15, 0.2) is 11.3 Å². The summed E-state index contributed by atoms with van der Waals surface area (Å²) in [5.41, 5.74) is -0.154. The zero-order valence-corrected chi connectivity index (χ0v) is 11.6. The smallest absolute Gasteiger partial charge is 0.349 e. The van der Waals surface area contributed by atoms with E-state index in [1.54, 1.807) is 13.8 Å². The van der Waals surface area contributed by atoms with Crippen LogP contribution in [0.4, 0.5) is 0 Å². The van der Waals surface area contributed by atoms with E-state index >= 15 is 0 Å². The number of hydrogen-bond acceptors (Lipinski definition) is 5. The molecule has 0 spiro atoms. The van der Waals surface area contributed by atoms with Gasteiger partial charge in [-0.3, -0.25) is 0 Å². The van der Waals surface area contributed by atoms with E-state index in [1.165, 1.54) is 0 Å². The summed E-state index contributed by atoms with van der Waals surface area (Å²) in [6, 6.07) is 0. The molecule has 0 amide bonds. The van der Waals surface area contributed by atoms with Crippen molar-refractivity contribution in [1.82, 2.24) is 0 Å². The molecule has 104 valence electrons. The first-order chi connectivity index (χ1) is 8.58. The standard InChI is InChI=1S/C13H22O5/c1-5-8-17-12(14)11(10(4)16-7-3)13(15)18-9-6-2/h5-9H2,1-4H3. The summed E-state index contributed by atoms with van der Waals surface area (Å²) in [6.07, 6.45) is 1.38. The second-order valence-electron chi connectivity index (χ2n) is 3.64. The van der Waals surface area contributed by atoms with Crippen molar-refractivity contribution in [2.75, 3.05) is 19.8 Å². The molecule has 0 aliphatic rings. The molecule has 0 radical (unpaired) electrons. The van der Waals surface area contributed by atoms with Crippen LogP contribution in [0.5, 0.6) is 0 Å². The molecule has 0 N–H and O–H groups in total. The lowest BCUT2D eigenvalue weighted by atomic mass is 10.2. The van der Waals surface area contributed by atoms with Gasteiger partial charge in [-0.05, 0) is 26.7 Å². The minimum absolute atomic E-state index is 0.154. The number of hydrogen-bond donors (Lipinski definition) is 0. The molecule has 0 atom stereocenters. The Balaban J connectivity index is 4.87. The maximum absolute atomic E-state index is 11.8. The van der Waals surface area contributed by atoms with Crippen molar-refractivity contribution < 1.29 is 23.8 Å². The Kier molecular flexibility index (Phi) is 8.70. The van der Waals surface area contributed by atoms with E-state index in [1.807, 2.05) is 13.8 Å². The van der Waals surface area contributed by atoms with Crippen LogP contribution in [-0.2, 0) is 23.8 Å². The number of carbonyl (C=O) groups is 2. The van der Waals surface area contributed by atoms with Gasteiger partial charge < -0.3 is 14.2 Å². The molecule has 5 heteroatoms. The van der Waals surface area contributed by atoms with E-state index in [0.29, 0.717) is 19.4 Å². The van der Waals surface area contributed by atoms with Crippen molar-refractivity contribution in [3.05, 3.63) is 11.3 Å². The summed E-state index contributed by atoms with van der Waals surface area (Å²) in [4.78, 5) is 23.5. The maximum atomic E-state index is 11.8. The van der Waals surface area contributed by atoms with Crippen molar-refractivity contribution in [3.63, 3.8) is 0 Å². The minimum atomic E-state index is -0.691. The third-order valence-electron chi connectivity index (χ3n) is 2.00. The molecule has 0 fully saturated rings. The summed E-state index contributed by atoms with van der Waals surface area (Å²) < 4.78 is 15.1. The third kappa shape index (κ3) is 5.70. The van der Waals surface area contributed by atoms with Gasteiger partial charge in [0.15, 0.2) is 5.57 Å². The van der Waals surface area contributed by atoms with E-state index in [0.717, 1.165) is 0 Å². The van der Waals surface area contributed by atoms with Crippen molar-refractivity contribution >= 4 is 11.9 Å². The van der Waals surface area contributed by atoms with Crippen LogP contribution in [0.1, 0.15) is 40.5 Å². The molecular weight excluding hydrogens is 236 g/mol. The van der Waals surface area contributed by atoms with Gasteiger partial charge in [-0.2, -0.15) is 0 Å². The highest BCUT2D eigenvalue weighted by molar-refractivity contribution is 6.14.